The fraction of sp³-hybridized carbons (Fsp3) is 0.714. The molecule has 0 saturated heterocycles. The molecule has 5 nitrogen and oxygen atoms in total. The Bertz CT molecular complexity index is 371. The first kappa shape index (κ1) is 15.7. The Hall–Kier alpha value is -1.36. The molecule has 1 atom stereocenters. The van der Waals surface area contributed by atoms with Crippen LogP contribution in [0, 0.1) is 5.92 Å². The predicted molar refractivity (Wildman–Crippen MR) is 73.4 cm³/mol. The van der Waals surface area contributed by atoms with Crippen molar-refractivity contribution >= 4 is 11.7 Å². The second-order valence-corrected chi connectivity index (χ2v) is 5.37. The Morgan fingerprint density at radius 1 is 1.42 bits per heavy atom. The van der Waals surface area contributed by atoms with E-state index in [4.69, 9.17) is 0 Å². The van der Waals surface area contributed by atoms with Crippen LogP contribution >= 0.6 is 0 Å². The third-order valence-corrected chi connectivity index (χ3v) is 3.70. The number of likely N-dealkylation sites (N-methyl/N-ethyl adjacent to an activating group) is 1. The van der Waals surface area contributed by atoms with E-state index < -0.39 is 5.60 Å². The molecule has 19 heavy (non-hydrogen) atoms. The van der Waals surface area contributed by atoms with Crippen molar-refractivity contribution in [1.82, 2.24) is 10.6 Å². The molecule has 0 bridgehead atoms. The summed E-state index contributed by atoms with van der Waals surface area (Å²) < 4.78 is 0. The van der Waals surface area contributed by atoms with Gasteiger partial charge in [0.05, 0.1) is 5.60 Å². The highest BCUT2D eigenvalue weighted by Gasteiger charge is 2.25. The number of allylic oxidation sites excluding steroid dienone is 1. The van der Waals surface area contributed by atoms with E-state index in [0.29, 0.717) is 6.42 Å². The van der Waals surface area contributed by atoms with Crippen LogP contribution < -0.4 is 10.6 Å². The molecule has 108 valence electrons. The minimum absolute atomic E-state index is 0.00741. The van der Waals surface area contributed by atoms with E-state index in [9.17, 15) is 14.7 Å². The molecule has 0 heterocycles. The number of hydrogen-bond acceptors (Lipinski definition) is 4. The lowest BCUT2D eigenvalue weighted by Gasteiger charge is -2.23. The molecule has 1 aliphatic rings. The highest BCUT2D eigenvalue weighted by Crippen LogP contribution is 2.27. The summed E-state index contributed by atoms with van der Waals surface area (Å²) in [7, 11) is 1.61. The molecule has 1 saturated carbocycles. The van der Waals surface area contributed by atoms with E-state index in [1.165, 1.54) is 6.08 Å². The van der Waals surface area contributed by atoms with E-state index in [2.05, 4.69) is 10.6 Å². The Labute approximate surface area is 114 Å². The van der Waals surface area contributed by atoms with Gasteiger partial charge in [-0.15, -0.1) is 0 Å². The van der Waals surface area contributed by atoms with Crippen molar-refractivity contribution in [1.29, 1.82) is 0 Å². The molecule has 0 aliphatic heterocycles. The minimum Gasteiger partial charge on any atom is -0.388 e. The summed E-state index contributed by atoms with van der Waals surface area (Å²) in [5, 5.41) is 15.2. The van der Waals surface area contributed by atoms with Crippen molar-refractivity contribution in [3.05, 3.63) is 11.8 Å². The highest BCUT2D eigenvalue weighted by atomic mass is 16.3. The van der Waals surface area contributed by atoms with Crippen LogP contribution in [0.25, 0.3) is 0 Å². The number of carbonyl (C=O) groups excluding carboxylic acids is 2. The van der Waals surface area contributed by atoms with Crippen LogP contribution in [0.2, 0.25) is 0 Å². The zero-order chi connectivity index (χ0) is 14.5. The maximum Gasteiger partial charge on any atom is 0.267 e. The number of carbonyl (C=O) groups is 2. The lowest BCUT2D eigenvalue weighted by atomic mass is 9.82. The van der Waals surface area contributed by atoms with Gasteiger partial charge in [-0.2, -0.15) is 0 Å². The molecule has 1 aliphatic carbocycles. The van der Waals surface area contributed by atoms with E-state index in [0.717, 1.165) is 19.3 Å². The molecule has 1 rings (SSSR count). The summed E-state index contributed by atoms with van der Waals surface area (Å²) in [4.78, 5) is 23.7. The second-order valence-electron chi connectivity index (χ2n) is 5.37. The van der Waals surface area contributed by atoms with Crippen LogP contribution in [0.15, 0.2) is 11.8 Å². The first-order valence-corrected chi connectivity index (χ1v) is 6.83. The maximum atomic E-state index is 11.9. The Balaban J connectivity index is 2.56. The van der Waals surface area contributed by atoms with Gasteiger partial charge in [0.2, 0.25) is 0 Å². The van der Waals surface area contributed by atoms with Gasteiger partial charge in [0, 0.05) is 25.6 Å². The van der Waals surface area contributed by atoms with Crippen molar-refractivity contribution in [2.75, 3.05) is 13.6 Å². The Morgan fingerprint density at radius 2 is 2.05 bits per heavy atom. The van der Waals surface area contributed by atoms with E-state index in [-0.39, 0.29) is 29.9 Å². The number of rotatable bonds is 7. The van der Waals surface area contributed by atoms with Crippen molar-refractivity contribution < 1.29 is 14.7 Å². The van der Waals surface area contributed by atoms with Gasteiger partial charge >= 0.3 is 0 Å². The van der Waals surface area contributed by atoms with Crippen LogP contribution in [0.4, 0.5) is 0 Å². The first-order valence-electron chi connectivity index (χ1n) is 6.83. The van der Waals surface area contributed by atoms with E-state index in [1.807, 2.05) is 6.92 Å². The largest absolute Gasteiger partial charge is 0.388 e. The summed E-state index contributed by atoms with van der Waals surface area (Å²) >= 11 is 0. The van der Waals surface area contributed by atoms with Crippen LogP contribution in [0.1, 0.15) is 39.5 Å². The summed E-state index contributed by atoms with van der Waals surface area (Å²) in [6.45, 7) is 3.68. The second kappa shape index (κ2) is 6.70. The van der Waals surface area contributed by atoms with Gasteiger partial charge in [-0.1, -0.05) is 13.3 Å². The van der Waals surface area contributed by atoms with Gasteiger partial charge in [0.25, 0.3) is 5.91 Å². The standard InChI is InChI=1S/C14H24N2O3/c1-4-14(2,19)9-16-13(18)11(15-3)8-12(17)10-6-5-7-10/h8,10,15,19H,4-7,9H2,1-3H3,(H,16,18). The molecule has 0 aromatic carbocycles. The highest BCUT2D eigenvalue weighted by molar-refractivity contribution is 6.02. The smallest absolute Gasteiger partial charge is 0.267 e. The first-order chi connectivity index (χ1) is 8.89. The van der Waals surface area contributed by atoms with Crippen molar-refractivity contribution in [3.8, 4) is 0 Å². The van der Waals surface area contributed by atoms with Gasteiger partial charge in [-0.3, -0.25) is 9.59 Å². The molecule has 0 aromatic heterocycles. The molecular weight excluding hydrogens is 244 g/mol. The Kier molecular flexibility index (Phi) is 5.54. The number of hydrogen-bond donors (Lipinski definition) is 3. The molecule has 1 unspecified atom stereocenters. The van der Waals surface area contributed by atoms with Crippen LogP contribution in [-0.4, -0.2) is 36.0 Å². The minimum atomic E-state index is -0.924. The molecule has 1 amide bonds. The average Bonchev–Trinajstić information content (AvgIpc) is 2.31. The van der Waals surface area contributed by atoms with Gasteiger partial charge in [-0.25, -0.2) is 0 Å². The lowest BCUT2D eigenvalue weighted by Crippen LogP contribution is -2.42. The van der Waals surface area contributed by atoms with Gasteiger partial charge in [0.15, 0.2) is 5.78 Å². The van der Waals surface area contributed by atoms with E-state index in [1.54, 1.807) is 14.0 Å². The van der Waals surface area contributed by atoms with Crippen molar-refractivity contribution in [2.24, 2.45) is 5.92 Å². The molecule has 0 spiro atoms. The fourth-order valence-electron chi connectivity index (χ4n) is 1.70. The number of aliphatic hydroxyl groups is 1. The fourth-order valence-corrected chi connectivity index (χ4v) is 1.70. The maximum absolute atomic E-state index is 11.9. The normalized spacial score (nSPS) is 19.3. The zero-order valence-electron chi connectivity index (χ0n) is 12.0. The topological polar surface area (TPSA) is 78.4 Å². The monoisotopic (exact) mass is 268 g/mol. The lowest BCUT2D eigenvalue weighted by molar-refractivity contribution is -0.122. The summed E-state index contributed by atoms with van der Waals surface area (Å²) in [6.07, 6.45) is 4.84. The molecule has 0 aromatic rings. The molecular formula is C14H24N2O3. The van der Waals surface area contributed by atoms with Crippen LogP contribution in [0.5, 0.6) is 0 Å². The predicted octanol–water partition coefficient (Wildman–Crippen LogP) is 0.736. The third kappa shape index (κ3) is 4.67. The molecule has 5 heteroatoms. The summed E-state index contributed by atoms with van der Waals surface area (Å²) in [5.41, 5.74) is -0.671. The average molecular weight is 268 g/mol. The quantitative estimate of drug-likeness (QED) is 0.595. The van der Waals surface area contributed by atoms with Crippen LogP contribution in [-0.2, 0) is 9.59 Å². The zero-order valence-corrected chi connectivity index (χ0v) is 12.0. The summed E-state index contributed by atoms with van der Waals surface area (Å²) in [5.74, 6) is -0.271. The number of amides is 1. The van der Waals surface area contributed by atoms with Gasteiger partial charge < -0.3 is 15.7 Å². The van der Waals surface area contributed by atoms with Crippen molar-refractivity contribution in [3.63, 3.8) is 0 Å². The van der Waals surface area contributed by atoms with E-state index >= 15 is 0 Å². The Morgan fingerprint density at radius 3 is 2.47 bits per heavy atom. The number of nitrogens with one attached hydrogen (secondary N) is 2. The van der Waals surface area contributed by atoms with Gasteiger partial charge in [-0.05, 0) is 26.2 Å². The van der Waals surface area contributed by atoms with Gasteiger partial charge in [0.1, 0.15) is 5.70 Å². The molecule has 1 fully saturated rings. The number of ketones is 1. The SMILES string of the molecule is CCC(C)(O)CNC(=O)C(=CC(=O)C1CCC1)NC. The molecule has 0 radical (unpaired) electrons. The third-order valence-electron chi connectivity index (χ3n) is 3.70. The molecule has 3 N–H and O–H groups in total. The van der Waals surface area contributed by atoms with Crippen LogP contribution in [0.3, 0.4) is 0 Å². The van der Waals surface area contributed by atoms with Crippen molar-refractivity contribution in [2.45, 2.75) is 45.1 Å². The summed E-state index contributed by atoms with van der Waals surface area (Å²) in [6, 6.07) is 0.